The first-order valence-corrected chi connectivity index (χ1v) is 6.33. The minimum Gasteiger partial charge on any atom is -0.396 e. The summed E-state index contributed by atoms with van der Waals surface area (Å²) in [5.41, 5.74) is 8.76. The van der Waals surface area contributed by atoms with Crippen molar-refractivity contribution in [1.82, 2.24) is 0 Å². The molecule has 16 heavy (non-hydrogen) atoms. The van der Waals surface area contributed by atoms with E-state index in [2.05, 4.69) is 10.0 Å². The number of nitrogens with zero attached hydrogens (tertiary/aromatic N) is 3. The molecule has 0 heterocycles. The normalized spacial score (nSPS) is 12.9. The zero-order valence-electron chi connectivity index (χ0n) is 8.61. The van der Waals surface area contributed by atoms with Crippen molar-refractivity contribution in [1.29, 1.82) is 0 Å². The molecule has 0 amide bonds. The van der Waals surface area contributed by atoms with E-state index in [0.29, 0.717) is 5.56 Å². The van der Waals surface area contributed by atoms with Gasteiger partial charge >= 0.3 is 0 Å². The van der Waals surface area contributed by atoms with Gasteiger partial charge in [-0.05, 0) is 23.2 Å². The molecule has 86 valence electrons. The zero-order chi connectivity index (χ0) is 12.2. The van der Waals surface area contributed by atoms with Crippen LogP contribution in [0.2, 0.25) is 0 Å². The van der Waals surface area contributed by atoms with Crippen molar-refractivity contribution >= 4 is 9.84 Å². The van der Waals surface area contributed by atoms with Gasteiger partial charge in [0.25, 0.3) is 0 Å². The molecule has 0 saturated carbocycles. The molecule has 0 saturated heterocycles. The Morgan fingerprint density at radius 1 is 1.56 bits per heavy atom. The maximum atomic E-state index is 11.3. The van der Waals surface area contributed by atoms with E-state index in [-0.39, 0.29) is 11.5 Å². The summed E-state index contributed by atoms with van der Waals surface area (Å²) >= 11 is 0. The first kappa shape index (κ1) is 12.5. The maximum Gasteiger partial charge on any atom is 0.175 e. The van der Waals surface area contributed by atoms with Gasteiger partial charge in [0, 0.05) is 11.2 Å². The fourth-order valence-electron chi connectivity index (χ4n) is 1.22. The van der Waals surface area contributed by atoms with E-state index in [1.807, 2.05) is 0 Å². The lowest BCUT2D eigenvalue weighted by Crippen LogP contribution is -2.03. The number of aliphatic hydroxyl groups is 1. The van der Waals surface area contributed by atoms with Crippen molar-refractivity contribution in [2.45, 2.75) is 10.9 Å². The molecule has 1 N–H and O–H groups in total. The highest BCUT2D eigenvalue weighted by Gasteiger charge is 2.12. The summed E-state index contributed by atoms with van der Waals surface area (Å²) in [5.74, 6) is 0. The molecule has 1 aromatic rings. The second-order valence-corrected chi connectivity index (χ2v) is 5.26. The number of azide groups is 1. The van der Waals surface area contributed by atoms with E-state index in [0.717, 1.165) is 6.26 Å². The maximum absolute atomic E-state index is 11.3. The Kier molecular flexibility index (Phi) is 3.89. The third-order valence-electron chi connectivity index (χ3n) is 2.03. The third-order valence-corrected chi connectivity index (χ3v) is 3.15. The monoisotopic (exact) mass is 241 g/mol. The Balaban J connectivity index is 3.21. The second kappa shape index (κ2) is 4.98. The van der Waals surface area contributed by atoms with Gasteiger partial charge in [0.1, 0.15) is 0 Å². The molecule has 0 bridgehead atoms. The van der Waals surface area contributed by atoms with Crippen molar-refractivity contribution in [3.63, 3.8) is 0 Å². The Bertz CT molecular complexity index is 521. The van der Waals surface area contributed by atoms with E-state index in [9.17, 15) is 8.42 Å². The number of hydrogen-bond donors (Lipinski definition) is 1. The number of benzene rings is 1. The minimum atomic E-state index is -3.30. The smallest absolute Gasteiger partial charge is 0.175 e. The van der Waals surface area contributed by atoms with Crippen LogP contribution in [0.15, 0.2) is 34.3 Å². The van der Waals surface area contributed by atoms with Crippen molar-refractivity contribution in [2.75, 3.05) is 12.9 Å². The van der Waals surface area contributed by atoms with Gasteiger partial charge in [-0.1, -0.05) is 17.2 Å². The Morgan fingerprint density at radius 3 is 2.75 bits per heavy atom. The highest BCUT2D eigenvalue weighted by Crippen LogP contribution is 2.20. The molecule has 1 rings (SSSR count). The van der Waals surface area contributed by atoms with Crippen molar-refractivity contribution in [3.05, 3.63) is 40.3 Å². The second-order valence-electron chi connectivity index (χ2n) is 3.25. The van der Waals surface area contributed by atoms with Crippen LogP contribution >= 0.6 is 0 Å². The predicted octanol–water partition coefficient (Wildman–Crippen LogP) is 1.43. The molecule has 0 aliphatic heterocycles. The Labute approximate surface area is 93.1 Å². The van der Waals surface area contributed by atoms with Gasteiger partial charge < -0.3 is 5.11 Å². The molecule has 0 aromatic heterocycles. The molecule has 0 aliphatic rings. The summed E-state index contributed by atoms with van der Waals surface area (Å²) in [6.07, 6.45) is 1.09. The average Bonchev–Trinajstić information content (AvgIpc) is 2.25. The molecule has 0 fully saturated rings. The summed E-state index contributed by atoms with van der Waals surface area (Å²) in [5, 5.41) is 12.4. The SMILES string of the molecule is CS(=O)(=O)c1cccc(C(CO)N=[N+]=[N-])c1. The van der Waals surface area contributed by atoms with Gasteiger partial charge in [0.2, 0.25) is 0 Å². The van der Waals surface area contributed by atoms with E-state index in [4.69, 9.17) is 10.6 Å². The zero-order valence-corrected chi connectivity index (χ0v) is 9.42. The lowest BCUT2D eigenvalue weighted by atomic mass is 10.1. The Hall–Kier alpha value is -1.56. The molecule has 0 radical (unpaired) electrons. The van der Waals surface area contributed by atoms with Crippen molar-refractivity contribution in [2.24, 2.45) is 5.11 Å². The summed E-state index contributed by atoms with van der Waals surface area (Å²) in [4.78, 5) is 2.73. The fourth-order valence-corrected chi connectivity index (χ4v) is 1.90. The number of rotatable bonds is 4. The van der Waals surface area contributed by atoms with Crippen LogP contribution < -0.4 is 0 Å². The first-order chi connectivity index (χ1) is 7.49. The predicted molar refractivity (Wildman–Crippen MR) is 58.5 cm³/mol. The number of aliphatic hydroxyl groups excluding tert-OH is 1. The molecule has 1 unspecified atom stereocenters. The van der Waals surface area contributed by atoms with E-state index >= 15 is 0 Å². The van der Waals surface area contributed by atoms with Gasteiger partial charge in [-0.2, -0.15) is 0 Å². The van der Waals surface area contributed by atoms with Gasteiger partial charge in [-0.3, -0.25) is 0 Å². The molecule has 0 spiro atoms. The van der Waals surface area contributed by atoms with E-state index in [1.165, 1.54) is 12.1 Å². The molecular formula is C9H11N3O3S. The topological polar surface area (TPSA) is 103 Å². The highest BCUT2D eigenvalue weighted by molar-refractivity contribution is 7.90. The van der Waals surface area contributed by atoms with Crippen LogP contribution in [0.5, 0.6) is 0 Å². The number of hydrogen-bond acceptors (Lipinski definition) is 4. The van der Waals surface area contributed by atoms with E-state index < -0.39 is 15.9 Å². The van der Waals surface area contributed by atoms with Crippen molar-refractivity contribution in [3.8, 4) is 0 Å². The van der Waals surface area contributed by atoms with Crippen LogP contribution in [0.4, 0.5) is 0 Å². The van der Waals surface area contributed by atoms with Crippen LogP contribution in [-0.2, 0) is 9.84 Å². The van der Waals surface area contributed by atoms with Gasteiger partial charge in [-0.15, -0.1) is 0 Å². The molecule has 0 aliphatic carbocycles. The lowest BCUT2D eigenvalue weighted by molar-refractivity contribution is 0.268. The number of sulfone groups is 1. The van der Waals surface area contributed by atoms with Gasteiger partial charge in [0.15, 0.2) is 9.84 Å². The molecule has 1 atom stereocenters. The van der Waals surface area contributed by atoms with Crippen LogP contribution in [0.25, 0.3) is 10.4 Å². The Morgan fingerprint density at radius 2 is 2.25 bits per heavy atom. The molecule has 1 aromatic carbocycles. The van der Waals surface area contributed by atoms with Crippen LogP contribution in [0, 0.1) is 0 Å². The summed E-state index contributed by atoms with van der Waals surface area (Å²) < 4.78 is 22.6. The van der Waals surface area contributed by atoms with E-state index in [1.54, 1.807) is 12.1 Å². The van der Waals surface area contributed by atoms with Gasteiger partial charge in [-0.25, -0.2) is 8.42 Å². The summed E-state index contributed by atoms with van der Waals surface area (Å²) in [7, 11) is -3.30. The third kappa shape index (κ3) is 2.96. The van der Waals surface area contributed by atoms with Crippen molar-refractivity contribution < 1.29 is 13.5 Å². The standard InChI is InChI=1S/C9H11N3O3S/c1-16(14,15)8-4-2-3-7(5-8)9(6-13)11-12-10/h2-5,9,13H,6H2,1H3. The molecular weight excluding hydrogens is 230 g/mol. The largest absolute Gasteiger partial charge is 0.396 e. The van der Waals surface area contributed by atoms with Crippen LogP contribution in [0.1, 0.15) is 11.6 Å². The lowest BCUT2D eigenvalue weighted by Gasteiger charge is -2.08. The average molecular weight is 241 g/mol. The molecule has 6 nitrogen and oxygen atoms in total. The fraction of sp³-hybridized carbons (Fsp3) is 0.333. The quantitative estimate of drug-likeness (QED) is 0.490. The minimum absolute atomic E-state index is 0.136. The summed E-state index contributed by atoms with van der Waals surface area (Å²) in [6.45, 7) is -0.364. The first-order valence-electron chi connectivity index (χ1n) is 4.44. The summed E-state index contributed by atoms with van der Waals surface area (Å²) in [6, 6.07) is 5.23. The van der Waals surface area contributed by atoms with Crippen LogP contribution in [-0.4, -0.2) is 26.4 Å². The molecule has 7 heteroatoms. The van der Waals surface area contributed by atoms with Crippen LogP contribution in [0.3, 0.4) is 0 Å². The highest BCUT2D eigenvalue weighted by atomic mass is 32.2. The van der Waals surface area contributed by atoms with Gasteiger partial charge in [0.05, 0.1) is 17.5 Å².